The highest BCUT2D eigenvalue weighted by Gasteiger charge is 2.07. The van der Waals surface area contributed by atoms with Crippen molar-refractivity contribution in [2.24, 2.45) is 4.99 Å². The largest absolute Gasteiger partial charge is 0.491 e. The summed E-state index contributed by atoms with van der Waals surface area (Å²) < 4.78 is 10.9. The monoisotopic (exact) mass is 427 g/mol. The minimum atomic E-state index is -0.103. The fourth-order valence-corrected chi connectivity index (χ4v) is 2.78. The summed E-state index contributed by atoms with van der Waals surface area (Å²) in [5.74, 6) is 1.91. The molecule has 1 aromatic carbocycles. The quantitative estimate of drug-likeness (QED) is 0.290. The van der Waals surface area contributed by atoms with E-state index in [4.69, 9.17) is 9.47 Å². The first-order valence-electron chi connectivity index (χ1n) is 10.5. The van der Waals surface area contributed by atoms with Crippen LogP contribution in [0.25, 0.3) is 0 Å². The molecule has 0 bridgehead atoms. The zero-order valence-corrected chi connectivity index (χ0v) is 18.8. The van der Waals surface area contributed by atoms with Gasteiger partial charge in [-0.2, -0.15) is 0 Å². The number of pyridine rings is 1. The molecule has 1 amide bonds. The maximum atomic E-state index is 12.2. The van der Waals surface area contributed by atoms with Crippen LogP contribution < -0.4 is 20.7 Å². The van der Waals surface area contributed by atoms with Crippen LogP contribution in [0.3, 0.4) is 0 Å². The van der Waals surface area contributed by atoms with E-state index < -0.39 is 0 Å². The van der Waals surface area contributed by atoms with Gasteiger partial charge in [0.15, 0.2) is 5.96 Å². The molecule has 2 aromatic rings. The highest BCUT2D eigenvalue weighted by atomic mass is 16.5. The Morgan fingerprint density at radius 1 is 1.13 bits per heavy atom. The van der Waals surface area contributed by atoms with Gasteiger partial charge < -0.3 is 25.4 Å². The molecule has 0 saturated carbocycles. The van der Waals surface area contributed by atoms with Crippen LogP contribution >= 0.6 is 0 Å². The molecule has 0 saturated heterocycles. The number of aryl methyl sites for hydroxylation is 2. The Morgan fingerprint density at radius 2 is 1.97 bits per heavy atom. The lowest BCUT2D eigenvalue weighted by atomic mass is 10.1. The van der Waals surface area contributed by atoms with E-state index in [1.807, 2.05) is 51.1 Å². The van der Waals surface area contributed by atoms with E-state index in [-0.39, 0.29) is 5.91 Å². The lowest BCUT2D eigenvalue weighted by molar-refractivity contribution is -0.116. The number of ether oxygens (including phenoxy) is 2. The third kappa shape index (κ3) is 9.04. The van der Waals surface area contributed by atoms with Gasteiger partial charge in [-0.15, -0.1) is 0 Å². The molecular weight excluding hydrogens is 394 g/mol. The van der Waals surface area contributed by atoms with Crippen LogP contribution in [0.4, 0.5) is 5.82 Å². The van der Waals surface area contributed by atoms with Crippen LogP contribution in [0, 0.1) is 13.8 Å². The molecule has 8 nitrogen and oxygen atoms in total. The van der Waals surface area contributed by atoms with Gasteiger partial charge in [-0.25, -0.2) is 9.98 Å². The fourth-order valence-electron chi connectivity index (χ4n) is 2.78. The zero-order valence-electron chi connectivity index (χ0n) is 18.8. The van der Waals surface area contributed by atoms with Crippen molar-refractivity contribution >= 4 is 17.7 Å². The van der Waals surface area contributed by atoms with Gasteiger partial charge in [0.25, 0.3) is 0 Å². The molecule has 0 aliphatic carbocycles. The average Bonchev–Trinajstić information content (AvgIpc) is 2.73. The number of hydrogen-bond donors (Lipinski definition) is 3. The molecule has 8 heteroatoms. The van der Waals surface area contributed by atoms with Gasteiger partial charge in [0.05, 0.1) is 13.2 Å². The van der Waals surface area contributed by atoms with E-state index >= 15 is 0 Å². The van der Waals surface area contributed by atoms with E-state index in [1.54, 1.807) is 13.2 Å². The van der Waals surface area contributed by atoms with Gasteiger partial charge >= 0.3 is 0 Å². The standard InChI is InChI=1S/C23H33N5O3/c1-5-24-23(25-12-11-22(29)28-21-8-6-7-18(3)27-21)26-16-19-10-9-17(2)15-20(19)31-14-13-30-4/h6-10,15H,5,11-14,16H2,1-4H3,(H2,24,25,26)(H,27,28,29). The number of benzene rings is 1. The summed E-state index contributed by atoms with van der Waals surface area (Å²) in [7, 11) is 1.65. The average molecular weight is 428 g/mol. The minimum Gasteiger partial charge on any atom is -0.491 e. The summed E-state index contributed by atoms with van der Waals surface area (Å²) in [4.78, 5) is 21.1. The van der Waals surface area contributed by atoms with Crippen LogP contribution in [-0.2, 0) is 16.1 Å². The smallest absolute Gasteiger partial charge is 0.227 e. The second-order valence-corrected chi connectivity index (χ2v) is 7.04. The number of aliphatic imine (C=N–C) groups is 1. The van der Waals surface area contributed by atoms with Gasteiger partial charge in [0.2, 0.25) is 5.91 Å². The Hall–Kier alpha value is -3.13. The number of methoxy groups -OCH3 is 1. The summed E-state index contributed by atoms with van der Waals surface area (Å²) in [6.07, 6.45) is 0.302. The summed E-state index contributed by atoms with van der Waals surface area (Å²) in [6, 6.07) is 11.6. The first-order valence-corrected chi connectivity index (χ1v) is 10.5. The van der Waals surface area contributed by atoms with E-state index in [0.29, 0.717) is 44.5 Å². The molecule has 0 unspecified atom stereocenters. The molecule has 2 rings (SSSR count). The van der Waals surface area contributed by atoms with Crippen LogP contribution in [0.1, 0.15) is 30.2 Å². The van der Waals surface area contributed by atoms with Crippen LogP contribution in [0.5, 0.6) is 5.75 Å². The number of guanidine groups is 1. The first-order chi connectivity index (χ1) is 15.0. The third-order valence-electron chi connectivity index (χ3n) is 4.32. The second-order valence-electron chi connectivity index (χ2n) is 7.04. The van der Waals surface area contributed by atoms with E-state index in [9.17, 15) is 4.79 Å². The molecule has 0 radical (unpaired) electrons. The molecule has 0 aliphatic rings. The van der Waals surface area contributed by atoms with Gasteiger partial charge in [-0.1, -0.05) is 18.2 Å². The van der Waals surface area contributed by atoms with E-state index in [0.717, 1.165) is 29.1 Å². The normalized spacial score (nSPS) is 11.2. The van der Waals surface area contributed by atoms with Crippen molar-refractivity contribution in [3.63, 3.8) is 0 Å². The van der Waals surface area contributed by atoms with Gasteiger partial charge in [-0.3, -0.25) is 4.79 Å². The number of aromatic nitrogens is 1. The molecule has 31 heavy (non-hydrogen) atoms. The SMILES string of the molecule is CCNC(=NCc1ccc(C)cc1OCCOC)NCCC(=O)Nc1cccc(C)n1. The molecule has 3 N–H and O–H groups in total. The number of rotatable bonds is 11. The molecule has 0 atom stereocenters. The Kier molecular flexibility index (Phi) is 10.3. The van der Waals surface area contributed by atoms with Crippen molar-refractivity contribution in [1.29, 1.82) is 0 Å². The van der Waals surface area contributed by atoms with E-state index in [2.05, 4.69) is 25.9 Å². The summed E-state index contributed by atoms with van der Waals surface area (Å²) in [6.45, 7) is 8.55. The Bertz CT molecular complexity index is 870. The topological polar surface area (TPSA) is 96.9 Å². The second kappa shape index (κ2) is 13.2. The summed E-state index contributed by atoms with van der Waals surface area (Å²) in [5.41, 5.74) is 2.97. The van der Waals surface area contributed by atoms with Crippen molar-refractivity contribution < 1.29 is 14.3 Å². The minimum absolute atomic E-state index is 0.103. The Balaban J connectivity index is 1.90. The number of anilines is 1. The third-order valence-corrected chi connectivity index (χ3v) is 4.32. The number of nitrogens with one attached hydrogen (secondary N) is 3. The molecule has 0 spiro atoms. The molecule has 168 valence electrons. The zero-order chi connectivity index (χ0) is 22.5. The molecule has 0 fully saturated rings. The first kappa shape index (κ1) is 24.1. The van der Waals surface area contributed by atoms with E-state index in [1.165, 1.54) is 0 Å². The summed E-state index contributed by atoms with van der Waals surface area (Å²) >= 11 is 0. The van der Waals surface area contributed by atoms with Crippen molar-refractivity contribution in [2.75, 3.05) is 38.7 Å². The Labute approximate surface area is 184 Å². The van der Waals surface area contributed by atoms with Crippen LogP contribution in [0.2, 0.25) is 0 Å². The Morgan fingerprint density at radius 3 is 2.71 bits per heavy atom. The fraction of sp³-hybridized carbons (Fsp3) is 0.435. The van der Waals surface area contributed by atoms with Gasteiger partial charge in [0.1, 0.15) is 18.2 Å². The predicted molar refractivity (Wildman–Crippen MR) is 124 cm³/mol. The number of nitrogens with zero attached hydrogens (tertiary/aromatic N) is 2. The number of carbonyl (C=O) groups excluding carboxylic acids is 1. The van der Waals surface area contributed by atoms with Crippen molar-refractivity contribution in [3.8, 4) is 5.75 Å². The van der Waals surface area contributed by atoms with Crippen molar-refractivity contribution in [1.82, 2.24) is 15.6 Å². The van der Waals surface area contributed by atoms with Crippen LogP contribution in [0.15, 0.2) is 41.4 Å². The summed E-state index contributed by atoms with van der Waals surface area (Å²) in [5, 5.41) is 9.21. The highest BCUT2D eigenvalue weighted by Crippen LogP contribution is 2.21. The number of hydrogen-bond acceptors (Lipinski definition) is 5. The molecular formula is C23H33N5O3. The maximum absolute atomic E-state index is 12.2. The van der Waals surface area contributed by atoms with Crippen molar-refractivity contribution in [2.45, 2.75) is 33.7 Å². The molecule has 0 aliphatic heterocycles. The predicted octanol–water partition coefficient (Wildman–Crippen LogP) is 2.81. The highest BCUT2D eigenvalue weighted by molar-refractivity contribution is 5.90. The maximum Gasteiger partial charge on any atom is 0.227 e. The van der Waals surface area contributed by atoms with Crippen molar-refractivity contribution in [3.05, 3.63) is 53.2 Å². The van der Waals surface area contributed by atoms with Crippen LogP contribution in [-0.4, -0.2) is 50.3 Å². The number of amides is 1. The molecule has 1 aromatic heterocycles. The number of carbonyl (C=O) groups is 1. The molecule has 1 heterocycles. The van der Waals surface area contributed by atoms with Gasteiger partial charge in [0, 0.05) is 37.9 Å². The van der Waals surface area contributed by atoms with Gasteiger partial charge in [-0.05, 0) is 44.5 Å². The lowest BCUT2D eigenvalue weighted by Gasteiger charge is -2.13. The lowest BCUT2D eigenvalue weighted by Crippen LogP contribution is -2.38.